The molecular weight excluding hydrogens is 461 g/mol. The maximum Gasteiger partial charge on any atom is 0.337 e. The van der Waals surface area contributed by atoms with E-state index in [0.29, 0.717) is 27.6 Å². The number of piperidine rings is 1. The van der Waals surface area contributed by atoms with Crippen molar-refractivity contribution in [3.05, 3.63) is 69.6 Å². The highest BCUT2D eigenvalue weighted by Crippen LogP contribution is 2.42. The number of hydrogen-bond acceptors (Lipinski definition) is 5. The molecule has 7 nitrogen and oxygen atoms in total. The van der Waals surface area contributed by atoms with Crippen LogP contribution >= 0.6 is 23.2 Å². The molecule has 2 aliphatic rings. The Hall–Kier alpha value is -2.90. The van der Waals surface area contributed by atoms with Crippen molar-refractivity contribution in [2.75, 3.05) is 18.0 Å². The number of para-hydroxylation sites is 1. The maximum absolute atomic E-state index is 11.0. The minimum Gasteiger partial charge on any atom is -0.478 e. The summed E-state index contributed by atoms with van der Waals surface area (Å²) < 4.78 is 1.76. The molecule has 5 rings (SSSR count). The van der Waals surface area contributed by atoms with Gasteiger partial charge in [-0.25, -0.2) is 14.5 Å². The monoisotopic (exact) mass is 483 g/mol. The Morgan fingerprint density at radius 1 is 1.06 bits per heavy atom. The van der Waals surface area contributed by atoms with Gasteiger partial charge >= 0.3 is 5.97 Å². The lowest BCUT2D eigenvalue weighted by Crippen LogP contribution is -2.33. The van der Waals surface area contributed by atoms with E-state index < -0.39 is 5.97 Å². The third-order valence-electron chi connectivity index (χ3n) is 6.23. The topological polar surface area (TPSA) is 84.1 Å². The van der Waals surface area contributed by atoms with Crippen molar-refractivity contribution in [1.29, 1.82) is 0 Å². The van der Waals surface area contributed by atoms with Gasteiger partial charge in [0, 0.05) is 25.2 Å². The first-order valence-corrected chi connectivity index (χ1v) is 11.8. The van der Waals surface area contributed by atoms with Crippen LogP contribution in [0.5, 0.6) is 0 Å². The predicted molar refractivity (Wildman–Crippen MR) is 129 cm³/mol. The van der Waals surface area contributed by atoms with E-state index in [-0.39, 0.29) is 5.56 Å². The van der Waals surface area contributed by atoms with E-state index in [0.717, 1.165) is 56.0 Å². The van der Waals surface area contributed by atoms with Gasteiger partial charge in [-0.1, -0.05) is 40.6 Å². The summed E-state index contributed by atoms with van der Waals surface area (Å²) in [6.45, 7) is 1.72. The third-order valence-corrected chi connectivity index (χ3v) is 6.84. The number of aromatic nitrogens is 4. The van der Waals surface area contributed by atoms with Gasteiger partial charge in [0.25, 0.3) is 0 Å². The highest BCUT2D eigenvalue weighted by atomic mass is 35.5. The minimum absolute atomic E-state index is 0.201. The summed E-state index contributed by atoms with van der Waals surface area (Å²) in [5.74, 6) is 0.711. The standard InChI is InChI=1S/C24H23Cl2N5O2/c25-18-2-1-3-19(26)23(18)31-20(22(28-29-31)16-5-6-16)8-4-15-10-12-30(13-11-15)21-9-7-17(14-27-21)24(32)33/h1-4,7-9,14-16H,5-6,10-13H2,(H,32,33)/b8-4+. The number of halogens is 2. The van der Waals surface area contributed by atoms with Crippen LogP contribution in [0.2, 0.25) is 10.0 Å². The quantitative estimate of drug-likeness (QED) is 0.499. The first kappa shape index (κ1) is 21.9. The second-order valence-electron chi connectivity index (χ2n) is 8.51. The molecule has 0 unspecified atom stereocenters. The number of aromatic carboxylic acids is 1. The van der Waals surface area contributed by atoms with Gasteiger partial charge in [0.05, 0.1) is 27.0 Å². The van der Waals surface area contributed by atoms with Crippen LogP contribution in [0, 0.1) is 5.92 Å². The van der Waals surface area contributed by atoms with Gasteiger partial charge in [-0.2, -0.15) is 0 Å². The molecule has 3 heterocycles. The number of hydrogen-bond donors (Lipinski definition) is 1. The average Bonchev–Trinajstić information content (AvgIpc) is 3.58. The average molecular weight is 484 g/mol. The van der Waals surface area contributed by atoms with Crippen LogP contribution in [0.4, 0.5) is 5.82 Å². The molecule has 1 N–H and O–H groups in total. The molecule has 33 heavy (non-hydrogen) atoms. The molecule has 1 saturated carbocycles. The smallest absolute Gasteiger partial charge is 0.337 e. The Balaban J connectivity index is 1.32. The summed E-state index contributed by atoms with van der Waals surface area (Å²) >= 11 is 12.9. The van der Waals surface area contributed by atoms with Crippen LogP contribution in [0.3, 0.4) is 0 Å². The summed E-state index contributed by atoms with van der Waals surface area (Å²) in [5.41, 5.74) is 2.81. The van der Waals surface area contributed by atoms with Gasteiger partial charge in [-0.3, -0.25) is 0 Å². The van der Waals surface area contributed by atoms with E-state index in [4.69, 9.17) is 28.3 Å². The normalized spacial score (nSPS) is 17.1. The molecule has 3 aromatic rings. The predicted octanol–water partition coefficient (Wildman–Crippen LogP) is 5.47. The molecule has 1 aliphatic carbocycles. The van der Waals surface area contributed by atoms with E-state index in [1.54, 1.807) is 16.8 Å². The fourth-order valence-corrected chi connectivity index (χ4v) is 4.77. The summed E-state index contributed by atoms with van der Waals surface area (Å²) in [4.78, 5) is 17.5. The van der Waals surface area contributed by atoms with E-state index in [1.807, 2.05) is 18.2 Å². The van der Waals surface area contributed by atoms with Crippen LogP contribution in [-0.4, -0.2) is 44.1 Å². The largest absolute Gasteiger partial charge is 0.478 e. The van der Waals surface area contributed by atoms with Crippen LogP contribution in [0.15, 0.2) is 42.6 Å². The van der Waals surface area contributed by atoms with Crippen molar-refractivity contribution < 1.29 is 9.90 Å². The summed E-state index contributed by atoms with van der Waals surface area (Å²) in [7, 11) is 0. The van der Waals surface area contributed by atoms with Gasteiger partial charge in [-0.05, 0) is 61.9 Å². The summed E-state index contributed by atoms with van der Waals surface area (Å²) in [5, 5.41) is 19.0. The fourth-order valence-electron chi connectivity index (χ4n) is 4.21. The zero-order valence-electron chi connectivity index (χ0n) is 17.9. The molecule has 0 spiro atoms. The highest BCUT2D eigenvalue weighted by molar-refractivity contribution is 6.37. The number of carbonyl (C=O) groups is 1. The lowest BCUT2D eigenvalue weighted by molar-refractivity contribution is 0.0696. The number of nitrogens with zero attached hydrogens (tertiary/aromatic N) is 5. The van der Waals surface area contributed by atoms with Crippen LogP contribution in [-0.2, 0) is 0 Å². The fraction of sp³-hybridized carbons (Fsp3) is 0.333. The lowest BCUT2D eigenvalue weighted by atomic mass is 9.95. The Morgan fingerprint density at radius 2 is 1.79 bits per heavy atom. The zero-order chi connectivity index (χ0) is 22.9. The molecule has 0 atom stereocenters. The number of allylic oxidation sites excluding steroid dienone is 1. The van der Waals surface area contributed by atoms with Crippen LogP contribution < -0.4 is 4.90 Å². The SMILES string of the molecule is O=C(O)c1ccc(N2CCC(/C=C/c3c(C4CC4)nnn3-c3c(Cl)cccc3Cl)CC2)nc1. The maximum atomic E-state index is 11.0. The molecule has 1 saturated heterocycles. The second kappa shape index (κ2) is 9.15. The van der Waals surface area contributed by atoms with Crippen molar-refractivity contribution in [1.82, 2.24) is 20.0 Å². The second-order valence-corrected chi connectivity index (χ2v) is 9.32. The number of benzene rings is 1. The molecule has 1 aliphatic heterocycles. The van der Waals surface area contributed by atoms with E-state index in [1.165, 1.54) is 6.20 Å². The Kier molecular flexibility index (Phi) is 6.08. The molecule has 0 radical (unpaired) electrons. The van der Waals surface area contributed by atoms with Crippen LogP contribution in [0.1, 0.15) is 53.3 Å². The Morgan fingerprint density at radius 3 is 2.39 bits per heavy atom. The molecule has 2 fully saturated rings. The van der Waals surface area contributed by atoms with Crippen molar-refractivity contribution in [3.63, 3.8) is 0 Å². The van der Waals surface area contributed by atoms with Crippen molar-refractivity contribution in [3.8, 4) is 5.69 Å². The number of pyridine rings is 1. The number of rotatable bonds is 6. The number of carboxylic acids is 1. The third kappa shape index (κ3) is 4.61. The van der Waals surface area contributed by atoms with Crippen molar-refractivity contribution >= 4 is 41.1 Å². The van der Waals surface area contributed by atoms with Gasteiger partial charge in [-0.15, -0.1) is 5.10 Å². The first-order valence-electron chi connectivity index (χ1n) is 11.0. The van der Waals surface area contributed by atoms with Gasteiger partial charge in [0.1, 0.15) is 11.5 Å². The molecule has 9 heteroatoms. The Bertz CT molecular complexity index is 1180. The number of carboxylic acid groups (broad SMARTS) is 1. The minimum atomic E-state index is -0.963. The van der Waals surface area contributed by atoms with E-state index in [2.05, 4.69) is 32.3 Å². The molecular formula is C24H23Cl2N5O2. The zero-order valence-corrected chi connectivity index (χ0v) is 19.4. The van der Waals surface area contributed by atoms with Crippen molar-refractivity contribution in [2.24, 2.45) is 5.92 Å². The van der Waals surface area contributed by atoms with Gasteiger partial charge in [0.15, 0.2) is 0 Å². The highest BCUT2D eigenvalue weighted by Gasteiger charge is 2.31. The van der Waals surface area contributed by atoms with Gasteiger partial charge in [0.2, 0.25) is 0 Å². The molecule has 2 aromatic heterocycles. The van der Waals surface area contributed by atoms with Crippen molar-refractivity contribution in [2.45, 2.75) is 31.6 Å². The first-order chi connectivity index (χ1) is 16.0. The molecule has 0 amide bonds. The molecule has 1 aromatic carbocycles. The van der Waals surface area contributed by atoms with E-state index in [9.17, 15) is 4.79 Å². The Labute approximate surface area is 201 Å². The van der Waals surface area contributed by atoms with Gasteiger partial charge < -0.3 is 10.0 Å². The summed E-state index contributed by atoms with van der Waals surface area (Å²) in [6.07, 6.45) is 9.98. The summed E-state index contributed by atoms with van der Waals surface area (Å²) in [6, 6.07) is 8.81. The number of anilines is 1. The van der Waals surface area contributed by atoms with Crippen LogP contribution in [0.25, 0.3) is 11.8 Å². The molecule has 0 bridgehead atoms. The molecule has 170 valence electrons. The lowest BCUT2D eigenvalue weighted by Gasteiger charge is -2.31. The van der Waals surface area contributed by atoms with E-state index >= 15 is 0 Å².